The number of nitrogens with zero attached hydrogens (tertiary/aromatic N) is 5. The van der Waals surface area contributed by atoms with Gasteiger partial charge in [-0.1, -0.05) is 12.1 Å². The van der Waals surface area contributed by atoms with Crippen LogP contribution in [-0.2, 0) is 17.9 Å². The van der Waals surface area contributed by atoms with Crippen molar-refractivity contribution in [3.63, 3.8) is 0 Å². The molecule has 3 aromatic rings. The van der Waals surface area contributed by atoms with Gasteiger partial charge in [-0.25, -0.2) is 0 Å². The smallest absolute Gasteiger partial charge is 0.358 e. The molecule has 0 saturated heterocycles. The summed E-state index contributed by atoms with van der Waals surface area (Å²) in [5.41, 5.74) is 2.16. The van der Waals surface area contributed by atoms with E-state index in [9.17, 15) is 14.9 Å². The molecule has 1 amide bonds. The van der Waals surface area contributed by atoms with Gasteiger partial charge in [-0.3, -0.25) is 9.48 Å². The van der Waals surface area contributed by atoms with Crippen LogP contribution in [0.3, 0.4) is 0 Å². The maximum absolute atomic E-state index is 12.2. The first-order valence-corrected chi connectivity index (χ1v) is 8.45. The van der Waals surface area contributed by atoms with Crippen molar-refractivity contribution < 1.29 is 9.72 Å². The fraction of sp³-hybridized carbons (Fsp3) is 0.188. The fourth-order valence-corrected chi connectivity index (χ4v) is 2.77. The van der Waals surface area contributed by atoms with Crippen LogP contribution in [0.2, 0.25) is 0 Å². The third kappa shape index (κ3) is 4.33. The van der Waals surface area contributed by atoms with E-state index in [1.807, 2.05) is 24.4 Å². The Kier molecular flexibility index (Phi) is 5.12. The molecule has 26 heavy (non-hydrogen) atoms. The van der Waals surface area contributed by atoms with Crippen molar-refractivity contribution in [1.82, 2.24) is 19.6 Å². The molecule has 1 N–H and O–H groups in total. The highest BCUT2D eigenvalue weighted by atomic mass is 79.9. The van der Waals surface area contributed by atoms with Gasteiger partial charge in [0.15, 0.2) is 0 Å². The van der Waals surface area contributed by atoms with Crippen LogP contribution >= 0.6 is 15.9 Å². The van der Waals surface area contributed by atoms with Gasteiger partial charge in [0, 0.05) is 11.9 Å². The summed E-state index contributed by atoms with van der Waals surface area (Å²) in [6, 6.07) is 8.74. The molecule has 0 aliphatic carbocycles. The largest absolute Gasteiger partial charge is 0.390 e. The Labute approximate surface area is 156 Å². The zero-order valence-corrected chi connectivity index (χ0v) is 15.4. The lowest BCUT2D eigenvalue weighted by molar-refractivity contribution is -0.389. The second-order valence-electron chi connectivity index (χ2n) is 5.66. The molecule has 9 nitrogen and oxygen atoms in total. The summed E-state index contributed by atoms with van der Waals surface area (Å²) in [6.45, 7) is 2.13. The highest BCUT2D eigenvalue weighted by Crippen LogP contribution is 2.15. The minimum Gasteiger partial charge on any atom is -0.358 e. The van der Waals surface area contributed by atoms with Gasteiger partial charge in [0.2, 0.25) is 5.91 Å². The topological polar surface area (TPSA) is 108 Å². The van der Waals surface area contributed by atoms with E-state index in [2.05, 4.69) is 31.4 Å². The van der Waals surface area contributed by atoms with Gasteiger partial charge in [0.05, 0.1) is 34.1 Å². The van der Waals surface area contributed by atoms with Gasteiger partial charge in [0.1, 0.15) is 6.54 Å². The maximum atomic E-state index is 12.2. The Balaban J connectivity index is 1.66. The van der Waals surface area contributed by atoms with E-state index in [0.29, 0.717) is 17.9 Å². The molecular weight excluding hydrogens is 404 g/mol. The predicted molar refractivity (Wildman–Crippen MR) is 97.7 cm³/mol. The molecule has 0 aliphatic heterocycles. The number of hydrogen-bond acceptors (Lipinski definition) is 5. The van der Waals surface area contributed by atoms with Crippen LogP contribution < -0.4 is 5.32 Å². The minimum absolute atomic E-state index is 0.101. The van der Waals surface area contributed by atoms with Gasteiger partial charge in [0.25, 0.3) is 0 Å². The first-order valence-electron chi connectivity index (χ1n) is 7.66. The number of nitrogens with one attached hydrogen (secondary N) is 1. The number of rotatable bonds is 6. The summed E-state index contributed by atoms with van der Waals surface area (Å²) < 4.78 is 3.97. The molecule has 0 unspecified atom stereocenters. The normalized spacial score (nSPS) is 10.7. The van der Waals surface area contributed by atoms with E-state index < -0.39 is 4.92 Å². The van der Waals surface area contributed by atoms with Crippen LogP contribution in [0.15, 0.2) is 47.2 Å². The van der Waals surface area contributed by atoms with Gasteiger partial charge < -0.3 is 15.4 Å². The van der Waals surface area contributed by atoms with Crippen molar-refractivity contribution in [2.24, 2.45) is 0 Å². The maximum Gasteiger partial charge on any atom is 0.390 e. The molecule has 0 radical (unpaired) electrons. The van der Waals surface area contributed by atoms with Crippen molar-refractivity contribution >= 4 is 33.3 Å². The van der Waals surface area contributed by atoms with E-state index in [0.717, 1.165) is 10.0 Å². The quantitative estimate of drug-likeness (QED) is 0.488. The van der Waals surface area contributed by atoms with E-state index in [4.69, 9.17) is 0 Å². The summed E-state index contributed by atoms with van der Waals surface area (Å²) in [6.07, 6.45) is 3.57. The number of carbonyl (C=O) groups excluding carboxylic acids is 1. The van der Waals surface area contributed by atoms with Crippen molar-refractivity contribution in [2.75, 3.05) is 5.32 Å². The van der Waals surface area contributed by atoms with E-state index in [-0.39, 0.29) is 18.3 Å². The van der Waals surface area contributed by atoms with Crippen molar-refractivity contribution in [3.8, 4) is 0 Å². The molecule has 10 heteroatoms. The molecule has 0 aliphatic rings. The van der Waals surface area contributed by atoms with Gasteiger partial charge >= 0.3 is 5.82 Å². The first kappa shape index (κ1) is 17.8. The average Bonchev–Trinajstić information content (AvgIpc) is 3.14. The Hall–Kier alpha value is -3.01. The molecule has 134 valence electrons. The third-order valence-corrected chi connectivity index (χ3v) is 4.02. The number of aryl methyl sites for hydroxylation is 1. The molecule has 0 fully saturated rings. The number of amides is 1. The lowest BCUT2D eigenvalue weighted by Crippen LogP contribution is -2.20. The van der Waals surface area contributed by atoms with Crippen molar-refractivity contribution in [1.29, 1.82) is 0 Å². The summed E-state index contributed by atoms with van der Waals surface area (Å²) in [4.78, 5) is 22.4. The van der Waals surface area contributed by atoms with Crippen LogP contribution in [0.5, 0.6) is 0 Å². The average molecular weight is 419 g/mol. The van der Waals surface area contributed by atoms with Crippen molar-refractivity contribution in [2.45, 2.75) is 20.0 Å². The van der Waals surface area contributed by atoms with E-state index >= 15 is 0 Å². The summed E-state index contributed by atoms with van der Waals surface area (Å²) in [5, 5.41) is 21.5. The van der Waals surface area contributed by atoms with Gasteiger partial charge in [-0.15, -0.1) is 0 Å². The monoisotopic (exact) mass is 418 g/mol. The fourth-order valence-electron chi connectivity index (χ4n) is 2.44. The molecule has 0 atom stereocenters. The molecule has 1 aromatic carbocycles. The summed E-state index contributed by atoms with van der Waals surface area (Å²) in [5.74, 6) is -0.590. The van der Waals surface area contributed by atoms with Crippen molar-refractivity contribution in [3.05, 3.63) is 68.6 Å². The number of anilines is 1. The lowest BCUT2D eigenvalue weighted by atomic mass is 10.2. The predicted octanol–water partition coefficient (Wildman–Crippen LogP) is 2.75. The number of nitro groups is 1. The third-order valence-electron chi connectivity index (χ3n) is 3.61. The molecular formula is C16H15BrN6O3. The Bertz CT molecular complexity index is 965. The molecule has 2 aromatic heterocycles. The molecule has 0 bridgehead atoms. The summed E-state index contributed by atoms with van der Waals surface area (Å²) >= 11 is 3.35. The molecule has 0 saturated carbocycles. The highest BCUT2D eigenvalue weighted by molar-refractivity contribution is 9.10. The number of benzene rings is 1. The lowest BCUT2D eigenvalue weighted by Gasteiger charge is -2.07. The van der Waals surface area contributed by atoms with Crippen LogP contribution in [0.1, 0.15) is 11.3 Å². The minimum atomic E-state index is -0.585. The molecule has 2 heterocycles. The van der Waals surface area contributed by atoms with Gasteiger partial charge in [-0.2, -0.15) is 9.78 Å². The zero-order valence-electron chi connectivity index (χ0n) is 13.8. The van der Waals surface area contributed by atoms with E-state index in [1.54, 1.807) is 23.9 Å². The Morgan fingerprint density at radius 1 is 1.38 bits per heavy atom. The van der Waals surface area contributed by atoms with E-state index in [1.165, 1.54) is 10.7 Å². The second-order valence-corrected chi connectivity index (χ2v) is 6.58. The molecule has 0 spiro atoms. The Morgan fingerprint density at radius 2 is 2.19 bits per heavy atom. The highest BCUT2D eigenvalue weighted by Gasteiger charge is 2.17. The number of halogens is 1. The van der Waals surface area contributed by atoms with Crippen LogP contribution in [0.4, 0.5) is 11.5 Å². The van der Waals surface area contributed by atoms with Crippen LogP contribution in [-0.4, -0.2) is 30.4 Å². The Morgan fingerprint density at radius 3 is 2.85 bits per heavy atom. The number of aromatic nitrogens is 4. The summed E-state index contributed by atoms with van der Waals surface area (Å²) in [7, 11) is 0. The van der Waals surface area contributed by atoms with Crippen LogP contribution in [0.25, 0.3) is 0 Å². The van der Waals surface area contributed by atoms with Gasteiger partial charge in [-0.05, 0) is 45.5 Å². The number of carbonyl (C=O) groups is 1. The van der Waals surface area contributed by atoms with Crippen LogP contribution in [0, 0.1) is 17.0 Å². The zero-order chi connectivity index (χ0) is 18.7. The second kappa shape index (κ2) is 7.48. The first-order chi connectivity index (χ1) is 12.4. The number of hydrogen-bond donors (Lipinski definition) is 1. The standard InChI is InChI=1S/C16H15BrN6O3/c1-11-5-15(23(25)26)20-22(11)10-16(24)19-14-4-2-3-12(6-14)8-21-9-13(17)7-18-21/h2-7,9H,8,10H2,1H3,(H,19,24). The molecule has 3 rings (SSSR count). The SMILES string of the molecule is Cc1cc([N+](=O)[O-])nn1CC(=O)Nc1cccc(Cn2cc(Br)cn2)c1.